The lowest BCUT2D eigenvalue weighted by Crippen LogP contribution is -2.41. The SMILES string of the molecule is N#Cc1ccc(NC(=O)N2CCC(CCOc3ccc4cc3CCc3cncc(c3)Nc3ncc(Cl)c(n3)N4)CC2)cc1.O=C(C(=O)C(F)(F)F)C(F)(F)F. The maximum absolute atomic E-state index is 12.7. The minimum absolute atomic E-state index is 0.107. The van der Waals surface area contributed by atoms with Crippen molar-refractivity contribution < 1.29 is 45.5 Å². The molecule has 12 nitrogen and oxygen atoms in total. The van der Waals surface area contributed by atoms with E-state index >= 15 is 0 Å². The first kappa shape index (κ1) is 40.2. The van der Waals surface area contributed by atoms with Gasteiger partial charge in [0.15, 0.2) is 5.82 Å². The van der Waals surface area contributed by atoms with E-state index in [-0.39, 0.29) is 6.03 Å². The normalized spacial score (nSPS) is 14.2. The largest absolute Gasteiger partial charge is 0.493 e. The zero-order valence-corrected chi connectivity index (χ0v) is 29.4. The van der Waals surface area contributed by atoms with Crippen molar-refractivity contribution in [2.24, 2.45) is 5.92 Å². The molecule has 1 saturated heterocycles. The van der Waals surface area contributed by atoms with Gasteiger partial charge in [0, 0.05) is 30.7 Å². The summed E-state index contributed by atoms with van der Waals surface area (Å²) in [5, 5.41) is 18.8. The minimum atomic E-state index is -5.77. The highest BCUT2D eigenvalue weighted by atomic mass is 35.5. The summed E-state index contributed by atoms with van der Waals surface area (Å²) in [7, 11) is 0. The van der Waals surface area contributed by atoms with Crippen LogP contribution in [0.5, 0.6) is 5.75 Å². The van der Waals surface area contributed by atoms with Crippen molar-refractivity contribution in [1.82, 2.24) is 19.9 Å². The summed E-state index contributed by atoms with van der Waals surface area (Å²) in [6.07, 6.45) is -2.00. The van der Waals surface area contributed by atoms with Crippen molar-refractivity contribution >= 4 is 58.0 Å². The Hall–Kier alpha value is -5.96. The molecule has 0 radical (unpaired) electrons. The van der Waals surface area contributed by atoms with Crippen molar-refractivity contribution in [3.63, 3.8) is 0 Å². The first-order chi connectivity index (χ1) is 26.1. The average Bonchev–Trinajstić information content (AvgIpc) is 3.15. The standard InChI is InChI=1S/C32H31ClN8O2.C4F6O2/c33-28-20-36-31-38-27-15-23(18-35-19-27)1-4-24-16-26(37-30(28)40-31)7-8-29(24)43-14-11-21-9-12-41(13-10-21)32(42)39-25-5-2-22(17-34)3-6-25;5-3(6,7)1(11)2(12)4(8,9)10/h2-3,5-8,15-16,18-21H,1,4,9-14H2,(H,39,42)(H2,36,37,38,40);. The predicted molar refractivity (Wildman–Crippen MR) is 188 cm³/mol. The summed E-state index contributed by atoms with van der Waals surface area (Å²) in [6.45, 7) is 2.01. The van der Waals surface area contributed by atoms with Gasteiger partial charge >= 0.3 is 30.0 Å². The molecule has 1 fully saturated rings. The topological polar surface area (TPSA) is 162 Å². The molecule has 6 bridgehead atoms. The number of pyridine rings is 1. The molecule has 288 valence electrons. The van der Waals surface area contributed by atoms with Gasteiger partial charge in [0.05, 0.1) is 36.3 Å². The number of carbonyl (C=O) groups is 3. The Bertz CT molecular complexity index is 2040. The van der Waals surface area contributed by atoms with E-state index in [1.54, 1.807) is 36.7 Å². The number of urea groups is 1. The monoisotopic (exact) mass is 788 g/mol. The average molecular weight is 789 g/mol. The quantitative estimate of drug-likeness (QED) is 0.129. The van der Waals surface area contributed by atoms with Crippen molar-refractivity contribution in [3.8, 4) is 11.8 Å². The lowest BCUT2D eigenvalue weighted by Gasteiger charge is -2.32. The highest BCUT2D eigenvalue weighted by molar-refractivity contribution is 6.41. The number of ether oxygens (including phenoxy) is 1. The van der Waals surface area contributed by atoms with Crippen molar-refractivity contribution in [2.75, 3.05) is 35.6 Å². The molecule has 2 aliphatic rings. The summed E-state index contributed by atoms with van der Waals surface area (Å²) in [5.74, 6) is -4.52. The number of carbonyl (C=O) groups excluding carboxylic acids is 3. The maximum atomic E-state index is 12.7. The Labute approximate surface area is 314 Å². The van der Waals surface area contributed by atoms with Gasteiger partial charge in [-0.3, -0.25) is 14.6 Å². The predicted octanol–water partition coefficient (Wildman–Crippen LogP) is 7.94. The van der Waals surface area contributed by atoms with E-state index in [2.05, 4.69) is 49.1 Å². The fraction of sp³-hybridized carbons (Fsp3) is 0.306. The number of aryl methyl sites for hydroxylation is 2. The first-order valence-electron chi connectivity index (χ1n) is 16.6. The van der Waals surface area contributed by atoms with Crippen LogP contribution in [0.4, 0.5) is 60.0 Å². The van der Waals surface area contributed by atoms with Gasteiger partial charge in [0.2, 0.25) is 5.95 Å². The minimum Gasteiger partial charge on any atom is -0.493 e. The number of rotatable bonds is 6. The number of nitrogens with zero attached hydrogens (tertiary/aromatic N) is 5. The lowest BCUT2D eigenvalue weighted by atomic mass is 9.94. The molecule has 0 spiro atoms. The van der Waals surface area contributed by atoms with E-state index in [0.717, 1.165) is 60.4 Å². The zero-order chi connectivity index (χ0) is 39.8. The molecule has 2 aliphatic heterocycles. The van der Waals surface area contributed by atoms with Gasteiger partial charge in [-0.2, -0.15) is 36.6 Å². The van der Waals surface area contributed by atoms with Gasteiger partial charge < -0.3 is 25.6 Å². The zero-order valence-electron chi connectivity index (χ0n) is 28.6. The van der Waals surface area contributed by atoms with Crippen LogP contribution in [0.25, 0.3) is 0 Å². The molecule has 2 aromatic carbocycles. The Morgan fingerprint density at radius 1 is 0.909 bits per heavy atom. The molecule has 0 saturated carbocycles. The number of piperidine rings is 1. The number of nitriles is 1. The second-order valence-corrected chi connectivity index (χ2v) is 12.8. The van der Waals surface area contributed by atoms with E-state index in [4.69, 9.17) is 21.6 Å². The lowest BCUT2D eigenvalue weighted by molar-refractivity contribution is -0.193. The highest BCUT2D eigenvalue weighted by Crippen LogP contribution is 2.31. The van der Waals surface area contributed by atoms with Crippen LogP contribution in [0.2, 0.25) is 5.02 Å². The fourth-order valence-corrected chi connectivity index (χ4v) is 5.73. The number of hydrogen-bond acceptors (Lipinski definition) is 10. The Balaban J connectivity index is 0.000000418. The molecule has 0 atom stereocenters. The number of alkyl halides is 6. The van der Waals surface area contributed by atoms with Gasteiger partial charge in [0.25, 0.3) is 0 Å². The molecule has 3 N–H and O–H groups in total. The first-order valence-corrected chi connectivity index (χ1v) is 17.0. The van der Waals surface area contributed by atoms with Crippen LogP contribution in [-0.2, 0) is 22.4 Å². The van der Waals surface area contributed by atoms with E-state index in [9.17, 15) is 40.7 Å². The van der Waals surface area contributed by atoms with Crippen LogP contribution >= 0.6 is 11.6 Å². The Morgan fingerprint density at radius 3 is 2.25 bits per heavy atom. The number of Topliss-reactive ketones (excluding diaryl/α,β-unsaturated/α-hetero) is 2. The molecular weight excluding hydrogens is 758 g/mol. The summed E-state index contributed by atoms with van der Waals surface area (Å²) in [4.78, 5) is 47.0. The molecule has 55 heavy (non-hydrogen) atoms. The smallest absolute Gasteiger partial charge is 0.458 e. The summed E-state index contributed by atoms with van der Waals surface area (Å²) in [5.41, 5.74) is 5.11. The van der Waals surface area contributed by atoms with Crippen molar-refractivity contribution in [3.05, 3.63) is 88.8 Å². The maximum Gasteiger partial charge on any atom is 0.458 e. The van der Waals surface area contributed by atoms with Crippen LogP contribution in [0.15, 0.2) is 67.1 Å². The van der Waals surface area contributed by atoms with Crippen LogP contribution in [0.3, 0.4) is 0 Å². The molecule has 4 aromatic rings. The Morgan fingerprint density at radius 2 is 1.60 bits per heavy atom. The number of anilines is 5. The number of amides is 2. The third-order valence-corrected chi connectivity index (χ3v) is 8.75. The highest BCUT2D eigenvalue weighted by Gasteiger charge is 2.54. The number of fused-ring (bicyclic) bond motifs is 6. The third kappa shape index (κ3) is 11.3. The molecule has 2 amide bonds. The molecule has 0 aliphatic carbocycles. The second kappa shape index (κ2) is 17.5. The number of ketones is 2. The molecule has 0 unspecified atom stereocenters. The number of nitrogens with one attached hydrogen (secondary N) is 3. The third-order valence-electron chi connectivity index (χ3n) is 8.47. The van der Waals surface area contributed by atoms with Gasteiger partial charge in [0.1, 0.15) is 10.8 Å². The molecule has 2 aromatic heterocycles. The summed E-state index contributed by atoms with van der Waals surface area (Å²) < 4.78 is 73.3. The molecule has 19 heteroatoms. The van der Waals surface area contributed by atoms with E-state index in [1.165, 1.54) is 0 Å². The van der Waals surface area contributed by atoms with Gasteiger partial charge in [-0.15, -0.1) is 0 Å². The van der Waals surface area contributed by atoms with E-state index in [0.29, 0.717) is 53.7 Å². The van der Waals surface area contributed by atoms with Gasteiger partial charge in [-0.1, -0.05) is 11.6 Å². The number of benzene rings is 2. The van der Waals surface area contributed by atoms with Gasteiger partial charge in [-0.05, 0) is 97.7 Å². The summed E-state index contributed by atoms with van der Waals surface area (Å²) >= 11 is 6.39. The molecule has 6 rings (SSSR count). The number of aromatic nitrogens is 3. The van der Waals surface area contributed by atoms with Gasteiger partial charge in [-0.25, -0.2) is 9.78 Å². The van der Waals surface area contributed by atoms with Crippen LogP contribution < -0.4 is 20.7 Å². The number of likely N-dealkylation sites (tertiary alicyclic amines) is 1. The number of hydrogen-bond donors (Lipinski definition) is 3. The summed E-state index contributed by atoms with van der Waals surface area (Å²) in [6, 6.07) is 17.0. The van der Waals surface area contributed by atoms with Crippen LogP contribution in [0, 0.1) is 17.2 Å². The van der Waals surface area contributed by atoms with Crippen molar-refractivity contribution in [1.29, 1.82) is 5.26 Å². The van der Waals surface area contributed by atoms with E-state index < -0.39 is 23.9 Å². The molecule has 4 heterocycles. The molecular formula is C36H31ClF6N8O4. The Kier molecular flexibility index (Phi) is 12.8. The van der Waals surface area contributed by atoms with E-state index in [1.807, 2.05) is 23.2 Å². The van der Waals surface area contributed by atoms with Crippen molar-refractivity contribution in [2.45, 2.75) is 44.5 Å². The van der Waals surface area contributed by atoms with Crippen LogP contribution in [0.1, 0.15) is 36.0 Å². The van der Waals surface area contributed by atoms with Crippen LogP contribution in [-0.4, -0.2) is 69.5 Å². The fourth-order valence-electron chi connectivity index (χ4n) is 5.59. The second-order valence-electron chi connectivity index (χ2n) is 12.4. The number of halogens is 7.